The van der Waals surface area contributed by atoms with Gasteiger partial charge in [-0.15, -0.1) is 0 Å². The molecule has 0 saturated heterocycles. The van der Waals surface area contributed by atoms with Crippen LogP contribution in [0.1, 0.15) is 0 Å². The maximum Gasteiger partial charge on any atom is 0.415 e. The molecule has 0 radical (unpaired) electrons. The number of nitrogens with two attached hydrogens (primary N) is 1. The normalized spacial score (nSPS) is 15.0. The van der Waals surface area contributed by atoms with Crippen LogP contribution in [0.5, 0.6) is 0 Å². The van der Waals surface area contributed by atoms with Gasteiger partial charge >= 0.3 is 6.18 Å². The first-order valence-corrected chi connectivity index (χ1v) is 3.14. The van der Waals surface area contributed by atoms with Gasteiger partial charge in [-0.3, -0.25) is 0 Å². The highest BCUT2D eigenvalue weighted by molar-refractivity contribution is 4.67. The fourth-order valence-electron chi connectivity index (χ4n) is 0.457. The van der Waals surface area contributed by atoms with Gasteiger partial charge in [0.15, 0.2) is 6.10 Å². The van der Waals surface area contributed by atoms with Crippen molar-refractivity contribution in [2.75, 3.05) is 19.6 Å². The van der Waals surface area contributed by atoms with E-state index in [-0.39, 0.29) is 13.1 Å². The quantitative estimate of drug-likeness (QED) is 0.499. The number of rotatable bonds is 4. The maximum absolute atomic E-state index is 11.6. The molecule has 0 aromatic heterocycles. The molecule has 0 saturated carbocycles. The van der Waals surface area contributed by atoms with Crippen molar-refractivity contribution in [3.63, 3.8) is 0 Å². The van der Waals surface area contributed by atoms with Gasteiger partial charge in [-0.25, -0.2) is 0 Å². The molecule has 0 bridgehead atoms. The fraction of sp³-hybridized carbons (Fsp3) is 1.00. The molecule has 0 aliphatic carbocycles. The second kappa shape index (κ2) is 4.53. The average molecular weight is 172 g/mol. The van der Waals surface area contributed by atoms with Crippen molar-refractivity contribution in [2.45, 2.75) is 12.3 Å². The van der Waals surface area contributed by atoms with Crippen molar-refractivity contribution in [2.24, 2.45) is 5.73 Å². The minimum absolute atomic E-state index is 0.255. The molecule has 0 amide bonds. The van der Waals surface area contributed by atoms with E-state index in [1.54, 1.807) is 0 Å². The predicted octanol–water partition coefficient (Wildman–Crippen LogP) is -0.542. The van der Waals surface area contributed by atoms with Gasteiger partial charge < -0.3 is 16.2 Å². The molecule has 68 valence electrons. The number of aliphatic hydroxyl groups excluding tert-OH is 1. The smallest absolute Gasteiger partial charge is 0.382 e. The Morgan fingerprint density at radius 1 is 1.45 bits per heavy atom. The SMILES string of the molecule is NCCNC[C@@H](O)C(F)(F)F. The van der Waals surface area contributed by atoms with Crippen molar-refractivity contribution >= 4 is 0 Å². The Labute approximate surface area is 62.4 Å². The number of aliphatic hydroxyl groups is 1. The van der Waals surface area contributed by atoms with Crippen molar-refractivity contribution < 1.29 is 18.3 Å². The molecule has 0 aliphatic rings. The first-order chi connectivity index (χ1) is 4.98. The molecule has 4 N–H and O–H groups in total. The maximum atomic E-state index is 11.6. The molecule has 0 aromatic rings. The summed E-state index contributed by atoms with van der Waals surface area (Å²) in [7, 11) is 0. The molecular formula is C5H11F3N2O. The van der Waals surface area contributed by atoms with Gasteiger partial charge in [0, 0.05) is 19.6 Å². The molecule has 0 aliphatic heterocycles. The van der Waals surface area contributed by atoms with E-state index in [1.807, 2.05) is 0 Å². The summed E-state index contributed by atoms with van der Waals surface area (Å²) in [4.78, 5) is 0. The van der Waals surface area contributed by atoms with Gasteiger partial charge in [-0.05, 0) is 0 Å². The summed E-state index contributed by atoms with van der Waals surface area (Å²) < 4.78 is 34.7. The third kappa shape index (κ3) is 5.00. The fourth-order valence-corrected chi connectivity index (χ4v) is 0.457. The summed E-state index contributed by atoms with van der Waals surface area (Å²) in [6.45, 7) is 0.0262. The number of hydrogen-bond donors (Lipinski definition) is 3. The zero-order valence-electron chi connectivity index (χ0n) is 5.86. The number of hydrogen-bond acceptors (Lipinski definition) is 3. The minimum Gasteiger partial charge on any atom is -0.382 e. The van der Waals surface area contributed by atoms with Gasteiger partial charge in [-0.2, -0.15) is 13.2 Å². The van der Waals surface area contributed by atoms with Crippen LogP contribution in [-0.4, -0.2) is 37.0 Å². The summed E-state index contributed by atoms with van der Waals surface area (Å²) in [5.41, 5.74) is 5.00. The molecule has 0 rings (SSSR count). The van der Waals surface area contributed by atoms with Crippen molar-refractivity contribution in [3.8, 4) is 0 Å². The van der Waals surface area contributed by atoms with Crippen LogP contribution in [0.25, 0.3) is 0 Å². The third-order valence-electron chi connectivity index (χ3n) is 1.04. The van der Waals surface area contributed by atoms with Crippen LogP contribution in [0, 0.1) is 0 Å². The van der Waals surface area contributed by atoms with Crippen LogP contribution in [-0.2, 0) is 0 Å². The van der Waals surface area contributed by atoms with Crippen molar-refractivity contribution in [1.82, 2.24) is 5.32 Å². The molecule has 0 heterocycles. The van der Waals surface area contributed by atoms with E-state index in [9.17, 15) is 13.2 Å². The average Bonchev–Trinajstić information content (AvgIpc) is 1.86. The Hall–Kier alpha value is -0.330. The third-order valence-corrected chi connectivity index (χ3v) is 1.04. The monoisotopic (exact) mass is 172 g/mol. The molecule has 0 spiro atoms. The highest BCUT2D eigenvalue weighted by Gasteiger charge is 2.37. The van der Waals surface area contributed by atoms with Crippen LogP contribution < -0.4 is 11.1 Å². The van der Waals surface area contributed by atoms with E-state index in [2.05, 4.69) is 5.32 Å². The Kier molecular flexibility index (Phi) is 4.39. The predicted molar refractivity (Wildman–Crippen MR) is 34.0 cm³/mol. The van der Waals surface area contributed by atoms with Crippen LogP contribution >= 0.6 is 0 Å². The largest absolute Gasteiger partial charge is 0.415 e. The van der Waals surface area contributed by atoms with E-state index < -0.39 is 18.8 Å². The molecule has 3 nitrogen and oxygen atoms in total. The Balaban J connectivity index is 3.44. The summed E-state index contributed by atoms with van der Waals surface area (Å²) in [6, 6.07) is 0. The summed E-state index contributed by atoms with van der Waals surface area (Å²) in [6.07, 6.45) is -6.84. The highest BCUT2D eigenvalue weighted by Crippen LogP contribution is 2.18. The summed E-state index contributed by atoms with van der Waals surface area (Å²) in [5.74, 6) is 0. The van der Waals surface area contributed by atoms with Crippen molar-refractivity contribution in [1.29, 1.82) is 0 Å². The number of alkyl halides is 3. The lowest BCUT2D eigenvalue weighted by Crippen LogP contribution is -2.39. The Morgan fingerprint density at radius 2 is 2.00 bits per heavy atom. The second-order valence-electron chi connectivity index (χ2n) is 2.05. The minimum atomic E-state index is -4.54. The van der Waals surface area contributed by atoms with Crippen molar-refractivity contribution in [3.05, 3.63) is 0 Å². The standard InChI is InChI=1S/C5H11F3N2O/c6-5(7,8)4(11)3-10-2-1-9/h4,10-11H,1-3,9H2/t4-/m1/s1. The lowest BCUT2D eigenvalue weighted by molar-refractivity contribution is -0.201. The molecule has 0 aromatic carbocycles. The molecule has 6 heteroatoms. The number of halogens is 3. The second-order valence-corrected chi connectivity index (χ2v) is 2.05. The van der Waals surface area contributed by atoms with Gasteiger partial charge in [0.2, 0.25) is 0 Å². The molecule has 11 heavy (non-hydrogen) atoms. The summed E-state index contributed by atoms with van der Waals surface area (Å²) >= 11 is 0. The molecule has 0 fully saturated rings. The van der Waals surface area contributed by atoms with Gasteiger partial charge in [0.25, 0.3) is 0 Å². The topological polar surface area (TPSA) is 58.3 Å². The zero-order chi connectivity index (χ0) is 8.91. The molecule has 0 unspecified atom stereocenters. The lowest BCUT2D eigenvalue weighted by atomic mass is 10.3. The van der Waals surface area contributed by atoms with E-state index in [0.29, 0.717) is 0 Å². The Morgan fingerprint density at radius 3 is 2.36 bits per heavy atom. The van der Waals surface area contributed by atoms with Crippen LogP contribution in [0.3, 0.4) is 0 Å². The molecule has 1 atom stereocenters. The van der Waals surface area contributed by atoms with E-state index in [4.69, 9.17) is 10.8 Å². The van der Waals surface area contributed by atoms with Crippen LogP contribution in [0.4, 0.5) is 13.2 Å². The number of nitrogens with one attached hydrogen (secondary N) is 1. The van der Waals surface area contributed by atoms with Gasteiger partial charge in [-0.1, -0.05) is 0 Å². The first kappa shape index (κ1) is 10.7. The lowest BCUT2D eigenvalue weighted by Gasteiger charge is -2.14. The Bertz CT molecular complexity index is 106. The van der Waals surface area contributed by atoms with Gasteiger partial charge in [0.05, 0.1) is 0 Å². The van der Waals surface area contributed by atoms with E-state index in [1.165, 1.54) is 0 Å². The highest BCUT2D eigenvalue weighted by atomic mass is 19.4. The zero-order valence-corrected chi connectivity index (χ0v) is 5.86. The van der Waals surface area contributed by atoms with E-state index in [0.717, 1.165) is 0 Å². The van der Waals surface area contributed by atoms with Crippen LogP contribution in [0.15, 0.2) is 0 Å². The van der Waals surface area contributed by atoms with Gasteiger partial charge in [0.1, 0.15) is 0 Å². The van der Waals surface area contributed by atoms with Crippen LogP contribution in [0.2, 0.25) is 0 Å². The summed E-state index contributed by atoms with van der Waals surface area (Å²) in [5, 5.41) is 10.7. The molecular weight excluding hydrogens is 161 g/mol. The van der Waals surface area contributed by atoms with E-state index >= 15 is 0 Å². The first-order valence-electron chi connectivity index (χ1n) is 3.14.